The highest BCUT2D eigenvalue weighted by Gasteiger charge is 2.26. The summed E-state index contributed by atoms with van der Waals surface area (Å²) in [6.45, 7) is 4.77. The second-order valence-corrected chi connectivity index (χ2v) is 10.1. The number of carbonyl (C=O) groups excluding carboxylic acids is 1. The van der Waals surface area contributed by atoms with Crippen molar-refractivity contribution in [2.75, 3.05) is 45.3 Å². The summed E-state index contributed by atoms with van der Waals surface area (Å²) in [6.07, 6.45) is 5.10. The minimum Gasteiger partial charge on any atom is -0.497 e. The van der Waals surface area contributed by atoms with E-state index in [-0.39, 0.29) is 12.1 Å². The maximum Gasteiger partial charge on any atom is 0.409 e. The van der Waals surface area contributed by atoms with Gasteiger partial charge in [-0.2, -0.15) is 4.98 Å². The first-order valence-electron chi connectivity index (χ1n) is 14.1. The van der Waals surface area contributed by atoms with E-state index in [9.17, 15) is 4.79 Å². The number of hydrogen-bond acceptors (Lipinski definition) is 9. The Hall–Kier alpha value is -4.54. The Kier molecular flexibility index (Phi) is 7.75. The number of imidazole rings is 1. The summed E-state index contributed by atoms with van der Waals surface area (Å²) in [5.41, 5.74) is 2.51. The van der Waals surface area contributed by atoms with Gasteiger partial charge in [-0.15, -0.1) is 0 Å². The zero-order valence-corrected chi connectivity index (χ0v) is 23.3. The molecule has 0 spiro atoms. The highest BCUT2D eigenvalue weighted by atomic mass is 16.6. The monoisotopic (exact) mass is 558 g/mol. The molecular weight excluding hydrogens is 524 g/mol. The number of nitrogens with zero attached hydrogens (tertiary/aromatic N) is 5. The molecule has 0 saturated carbocycles. The number of amides is 1. The van der Waals surface area contributed by atoms with Crippen molar-refractivity contribution < 1.29 is 23.7 Å². The predicted molar refractivity (Wildman–Crippen MR) is 154 cm³/mol. The molecule has 4 heterocycles. The first-order valence-corrected chi connectivity index (χ1v) is 14.1. The Morgan fingerprint density at radius 2 is 1.98 bits per heavy atom. The number of nitrogens with one attached hydrogen (secondary N) is 1. The number of anilines is 1. The first kappa shape index (κ1) is 26.7. The van der Waals surface area contributed by atoms with Gasteiger partial charge in [0, 0.05) is 37.0 Å². The van der Waals surface area contributed by atoms with E-state index in [1.165, 1.54) is 0 Å². The van der Waals surface area contributed by atoms with Crippen LogP contribution in [0.25, 0.3) is 28.2 Å². The van der Waals surface area contributed by atoms with Gasteiger partial charge in [-0.3, -0.25) is 4.57 Å². The van der Waals surface area contributed by atoms with E-state index in [2.05, 4.69) is 17.2 Å². The Labute approximate surface area is 238 Å². The molecule has 2 aliphatic heterocycles. The lowest BCUT2D eigenvalue weighted by Gasteiger charge is -2.32. The van der Waals surface area contributed by atoms with Crippen molar-refractivity contribution in [1.82, 2.24) is 24.4 Å². The van der Waals surface area contributed by atoms with Gasteiger partial charge in [-0.1, -0.05) is 13.3 Å². The number of piperidine rings is 1. The highest BCUT2D eigenvalue weighted by molar-refractivity contribution is 5.84. The summed E-state index contributed by atoms with van der Waals surface area (Å²) in [6, 6.07) is 13.5. The molecule has 1 fully saturated rings. The minimum atomic E-state index is -0.262. The summed E-state index contributed by atoms with van der Waals surface area (Å²) in [5.74, 6) is 3.95. The van der Waals surface area contributed by atoms with E-state index in [4.69, 9.17) is 28.9 Å². The van der Waals surface area contributed by atoms with Gasteiger partial charge in [0.15, 0.2) is 11.5 Å². The van der Waals surface area contributed by atoms with Crippen molar-refractivity contribution in [3.05, 3.63) is 48.7 Å². The number of aromatic nitrogens is 4. The molecule has 1 saturated heterocycles. The molecule has 0 aliphatic carbocycles. The molecule has 1 unspecified atom stereocenters. The average molecular weight is 559 g/mol. The molecule has 0 bridgehead atoms. The Balaban J connectivity index is 1.31. The van der Waals surface area contributed by atoms with Gasteiger partial charge in [0.05, 0.1) is 24.8 Å². The lowest BCUT2D eigenvalue weighted by molar-refractivity contribution is 0.0920. The largest absolute Gasteiger partial charge is 0.497 e. The summed E-state index contributed by atoms with van der Waals surface area (Å²) in [7, 11) is 1.64. The normalized spacial score (nSPS) is 16.4. The molecule has 2 aromatic heterocycles. The summed E-state index contributed by atoms with van der Waals surface area (Å²) in [4.78, 5) is 28.6. The zero-order valence-electron chi connectivity index (χ0n) is 23.3. The smallest absolute Gasteiger partial charge is 0.409 e. The van der Waals surface area contributed by atoms with E-state index >= 15 is 0 Å². The maximum atomic E-state index is 12.5. The fraction of sp³-hybridized carbons (Fsp3) is 0.400. The fourth-order valence-electron chi connectivity index (χ4n) is 5.17. The minimum absolute atomic E-state index is 0.00890. The molecular formula is C30H34N6O5. The van der Waals surface area contributed by atoms with Crippen molar-refractivity contribution in [2.45, 2.75) is 38.6 Å². The Morgan fingerprint density at radius 1 is 1.10 bits per heavy atom. The number of fused-ring (bicyclic) bond motifs is 2. The van der Waals surface area contributed by atoms with Crippen LogP contribution in [0.5, 0.6) is 17.2 Å². The molecule has 214 valence electrons. The second kappa shape index (κ2) is 11.9. The molecule has 6 rings (SSSR count). The zero-order chi connectivity index (χ0) is 28.2. The number of benzene rings is 2. The van der Waals surface area contributed by atoms with Gasteiger partial charge >= 0.3 is 6.09 Å². The van der Waals surface area contributed by atoms with Crippen LogP contribution in [0, 0.1) is 0 Å². The molecule has 11 nitrogen and oxygen atoms in total. The third-order valence-electron chi connectivity index (χ3n) is 7.27. The van der Waals surface area contributed by atoms with Crippen LogP contribution in [0.4, 0.5) is 10.7 Å². The van der Waals surface area contributed by atoms with Gasteiger partial charge in [0.2, 0.25) is 5.95 Å². The van der Waals surface area contributed by atoms with E-state index in [1.807, 2.05) is 47.0 Å². The third-order valence-corrected chi connectivity index (χ3v) is 7.27. The van der Waals surface area contributed by atoms with Crippen LogP contribution in [0.3, 0.4) is 0 Å². The number of hydrogen-bond donors (Lipinski definition) is 1. The SMILES string of the molecule is CCCCOC(=O)N1CCCC(Nc2nccc(-n3c(-c4ccc5c(c4)OCCO5)nc4ccc(OC)cc43)n2)C1. The number of ether oxygens (including phenoxy) is 4. The number of carbonyl (C=O) groups is 1. The standard InChI is InChI=1S/C30H34N6O5/c1-3-4-14-41-30(37)35-13-5-6-21(19-35)32-29-31-12-11-27(34-29)36-24-18-22(38-2)8-9-23(24)33-28(36)20-7-10-25-26(17-20)40-16-15-39-25/h7-12,17-18,21H,3-6,13-16,19H2,1-2H3,(H,31,32,34). The maximum absolute atomic E-state index is 12.5. The molecule has 2 aromatic carbocycles. The summed E-state index contributed by atoms with van der Waals surface area (Å²) < 4.78 is 24.5. The topological polar surface area (TPSA) is 113 Å². The van der Waals surface area contributed by atoms with Crippen molar-refractivity contribution in [2.24, 2.45) is 0 Å². The third kappa shape index (κ3) is 5.70. The lowest BCUT2D eigenvalue weighted by Crippen LogP contribution is -2.45. The molecule has 0 radical (unpaired) electrons. The van der Waals surface area contributed by atoms with Crippen molar-refractivity contribution in [1.29, 1.82) is 0 Å². The predicted octanol–water partition coefficient (Wildman–Crippen LogP) is 5.08. The molecule has 2 aliphatic rings. The van der Waals surface area contributed by atoms with Gasteiger partial charge in [0.1, 0.15) is 30.6 Å². The van der Waals surface area contributed by atoms with E-state index < -0.39 is 0 Å². The Bertz CT molecular complexity index is 1540. The number of rotatable bonds is 8. The van der Waals surface area contributed by atoms with E-state index in [0.717, 1.165) is 42.3 Å². The number of likely N-dealkylation sites (tertiary alicyclic amines) is 1. The van der Waals surface area contributed by atoms with Crippen LogP contribution < -0.4 is 19.5 Å². The van der Waals surface area contributed by atoms with Crippen LogP contribution >= 0.6 is 0 Å². The van der Waals surface area contributed by atoms with Crippen molar-refractivity contribution in [3.63, 3.8) is 0 Å². The first-order chi connectivity index (χ1) is 20.1. The molecule has 11 heteroatoms. The van der Waals surface area contributed by atoms with Gasteiger partial charge in [-0.25, -0.2) is 14.8 Å². The molecule has 4 aromatic rings. The van der Waals surface area contributed by atoms with Gasteiger partial charge in [0.25, 0.3) is 0 Å². The summed E-state index contributed by atoms with van der Waals surface area (Å²) in [5, 5.41) is 3.44. The van der Waals surface area contributed by atoms with Gasteiger partial charge in [-0.05, 0) is 55.7 Å². The van der Waals surface area contributed by atoms with Crippen molar-refractivity contribution >= 4 is 23.1 Å². The number of unbranched alkanes of at least 4 members (excludes halogenated alkanes) is 1. The van der Waals surface area contributed by atoms with E-state index in [0.29, 0.717) is 67.7 Å². The molecule has 1 N–H and O–H groups in total. The second-order valence-electron chi connectivity index (χ2n) is 10.1. The van der Waals surface area contributed by atoms with Crippen LogP contribution in [0.1, 0.15) is 32.6 Å². The summed E-state index contributed by atoms with van der Waals surface area (Å²) >= 11 is 0. The van der Waals surface area contributed by atoms with E-state index in [1.54, 1.807) is 18.2 Å². The van der Waals surface area contributed by atoms with Crippen molar-refractivity contribution in [3.8, 4) is 34.5 Å². The average Bonchev–Trinajstić information content (AvgIpc) is 3.40. The van der Waals surface area contributed by atoms with Crippen LogP contribution in [0.2, 0.25) is 0 Å². The quantitative estimate of drug-likeness (QED) is 0.296. The fourth-order valence-corrected chi connectivity index (χ4v) is 5.17. The molecule has 1 amide bonds. The molecule has 41 heavy (non-hydrogen) atoms. The number of methoxy groups -OCH3 is 1. The lowest BCUT2D eigenvalue weighted by atomic mass is 10.1. The van der Waals surface area contributed by atoms with Crippen LogP contribution in [-0.4, -0.2) is 76.6 Å². The van der Waals surface area contributed by atoms with Gasteiger partial charge < -0.3 is 29.2 Å². The van der Waals surface area contributed by atoms with Crippen LogP contribution in [-0.2, 0) is 4.74 Å². The molecule has 1 atom stereocenters. The highest BCUT2D eigenvalue weighted by Crippen LogP contribution is 2.37. The Morgan fingerprint density at radius 3 is 2.83 bits per heavy atom. The van der Waals surface area contributed by atoms with Crippen LogP contribution in [0.15, 0.2) is 48.7 Å².